The molecule has 0 bridgehead atoms. The standard InChI is InChI=1S/C17H27NO/c1-3-5-6-7-10-13-18-14-16-11-8-9-12-17(16)15-19-4-2/h3,8-9,11-12,18H,1,4-7,10,13-15H2,2H3. The first-order chi connectivity index (χ1) is 9.38. The fourth-order valence-electron chi connectivity index (χ4n) is 2.02. The van der Waals surface area contributed by atoms with Crippen molar-refractivity contribution in [2.45, 2.75) is 45.8 Å². The topological polar surface area (TPSA) is 21.3 Å². The number of unbranched alkanes of at least 4 members (excludes halogenated alkanes) is 3. The van der Waals surface area contributed by atoms with Gasteiger partial charge >= 0.3 is 0 Å². The molecule has 1 rings (SSSR count). The SMILES string of the molecule is C=CCCCCCNCc1ccccc1COCC. The molecule has 0 spiro atoms. The van der Waals surface area contributed by atoms with Crippen LogP contribution in [0.4, 0.5) is 0 Å². The molecule has 0 aliphatic heterocycles. The lowest BCUT2D eigenvalue weighted by molar-refractivity contribution is 0.133. The maximum Gasteiger partial charge on any atom is 0.0719 e. The maximum atomic E-state index is 5.49. The van der Waals surface area contributed by atoms with Gasteiger partial charge in [0.15, 0.2) is 0 Å². The van der Waals surface area contributed by atoms with Gasteiger partial charge < -0.3 is 10.1 Å². The predicted octanol–water partition coefficient (Wildman–Crippen LogP) is 4.06. The van der Waals surface area contributed by atoms with E-state index in [4.69, 9.17) is 4.74 Å². The molecule has 0 saturated carbocycles. The third-order valence-electron chi connectivity index (χ3n) is 3.16. The van der Waals surface area contributed by atoms with Crippen molar-refractivity contribution in [2.24, 2.45) is 0 Å². The van der Waals surface area contributed by atoms with Crippen LogP contribution < -0.4 is 5.32 Å². The van der Waals surface area contributed by atoms with E-state index in [9.17, 15) is 0 Å². The number of nitrogens with one attached hydrogen (secondary N) is 1. The van der Waals surface area contributed by atoms with Gasteiger partial charge in [-0.3, -0.25) is 0 Å². The van der Waals surface area contributed by atoms with Crippen molar-refractivity contribution < 1.29 is 4.74 Å². The molecule has 0 aromatic heterocycles. The summed E-state index contributed by atoms with van der Waals surface area (Å²) >= 11 is 0. The normalized spacial score (nSPS) is 10.6. The van der Waals surface area contributed by atoms with Gasteiger partial charge in [-0.15, -0.1) is 6.58 Å². The summed E-state index contributed by atoms with van der Waals surface area (Å²) in [6.07, 6.45) is 6.90. The summed E-state index contributed by atoms with van der Waals surface area (Å²) in [7, 11) is 0. The lowest BCUT2D eigenvalue weighted by Gasteiger charge is -2.10. The zero-order chi connectivity index (χ0) is 13.8. The predicted molar refractivity (Wildman–Crippen MR) is 82.1 cm³/mol. The Morgan fingerprint density at radius 1 is 1.16 bits per heavy atom. The molecule has 0 fully saturated rings. The van der Waals surface area contributed by atoms with Gasteiger partial charge in [-0.05, 0) is 43.9 Å². The molecule has 1 aromatic carbocycles. The number of hydrogen-bond donors (Lipinski definition) is 1. The van der Waals surface area contributed by atoms with Crippen LogP contribution >= 0.6 is 0 Å². The highest BCUT2D eigenvalue weighted by Crippen LogP contribution is 2.10. The minimum atomic E-state index is 0.716. The van der Waals surface area contributed by atoms with Crippen molar-refractivity contribution in [1.29, 1.82) is 0 Å². The molecule has 0 radical (unpaired) electrons. The zero-order valence-electron chi connectivity index (χ0n) is 12.2. The van der Waals surface area contributed by atoms with Crippen LogP contribution in [0.15, 0.2) is 36.9 Å². The molecular weight excluding hydrogens is 234 g/mol. The van der Waals surface area contributed by atoms with Crippen LogP contribution in [0.2, 0.25) is 0 Å². The van der Waals surface area contributed by atoms with E-state index in [1.54, 1.807) is 0 Å². The zero-order valence-corrected chi connectivity index (χ0v) is 12.2. The first-order valence-corrected chi connectivity index (χ1v) is 7.34. The molecule has 0 unspecified atom stereocenters. The van der Waals surface area contributed by atoms with E-state index in [2.05, 4.69) is 36.2 Å². The summed E-state index contributed by atoms with van der Waals surface area (Å²) in [5.74, 6) is 0. The molecule has 2 heteroatoms. The number of ether oxygens (including phenoxy) is 1. The van der Waals surface area contributed by atoms with Crippen LogP contribution in [0.3, 0.4) is 0 Å². The highest BCUT2D eigenvalue weighted by Gasteiger charge is 2.00. The van der Waals surface area contributed by atoms with Crippen molar-refractivity contribution in [2.75, 3.05) is 13.2 Å². The summed E-state index contributed by atoms with van der Waals surface area (Å²) in [6, 6.07) is 8.50. The first kappa shape index (κ1) is 15.9. The Balaban J connectivity index is 2.22. The lowest BCUT2D eigenvalue weighted by atomic mass is 10.1. The Morgan fingerprint density at radius 2 is 1.95 bits per heavy atom. The van der Waals surface area contributed by atoms with E-state index < -0.39 is 0 Å². The molecule has 0 heterocycles. The summed E-state index contributed by atoms with van der Waals surface area (Å²) in [5, 5.41) is 3.51. The summed E-state index contributed by atoms with van der Waals surface area (Å²) < 4.78 is 5.49. The fraction of sp³-hybridized carbons (Fsp3) is 0.529. The van der Waals surface area contributed by atoms with Gasteiger partial charge in [0.05, 0.1) is 6.61 Å². The van der Waals surface area contributed by atoms with E-state index >= 15 is 0 Å². The van der Waals surface area contributed by atoms with Gasteiger partial charge in [0, 0.05) is 13.2 Å². The number of allylic oxidation sites excluding steroid dienone is 1. The van der Waals surface area contributed by atoms with Gasteiger partial charge in [-0.1, -0.05) is 36.8 Å². The fourth-order valence-corrected chi connectivity index (χ4v) is 2.02. The minimum Gasteiger partial charge on any atom is -0.377 e. The third-order valence-corrected chi connectivity index (χ3v) is 3.16. The van der Waals surface area contributed by atoms with E-state index in [1.165, 1.54) is 30.4 Å². The summed E-state index contributed by atoms with van der Waals surface area (Å²) in [5.41, 5.74) is 2.64. The number of hydrogen-bond acceptors (Lipinski definition) is 2. The highest BCUT2D eigenvalue weighted by molar-refractivity contribution is 5.26. The van der Waals surface area contributed by atoms with Crippen LogP contribution in [0.25, 0.3) is 0 Å². The minimum absolute atomic E-state index is 0.716. The van der Waals surface area contributed by atoms with Crippen LogP contribution in [-0.4, -0.2) is 13.2 Å². The molecule has 19 heavy (non-hydrogen) atoms. The van der Waals surface area contributed by atoms with Gasteiger partial charge in [0.2, 0.25) is 0 Å². The van der Waals surface area contributed by atoms with Gasteiger partial charge in [0.25, 0.3) is 0 Å². The van der Waals surface area contributed by atoms with Crippen molar-refractivity contribution in [3.8, 4) is 0 Å². The molecule has 106 valence electrons. The second-order valence-electron chi connectivity index (χ2n) is 4.72. The Morgan fingerprint density at radius 3 is 2.68 bits per heavy atom. The molecule has 0 aliphatic rings. The van der Waals surface area contributed by atoms with Gasteiger partial charge in [-0.2, -0.15) is 0 Å². The number of benzene rings is 1. The molecule has 2 nitrogen and oxygen atoms in total. The largest absolute Gasteiger partial charge is 0.377 e. The van der Waals surface area contributed by atoms with E-state index in [-0.39, 0.29) is 0 Å². The van der Waals surface area contributed by atoms with Crippen molar-refractivity contribution in [1.82, 2.24) is 5.32 Å². The van der Waals surface area contributed by atoms with Crippen molar-refractivity contribution in [3.05, 3.63) is 48.0 Å². The Hall–Kier alpha value is -1.12. The molecule has 0 atom stereocenters. The molecule has 0 aliphatic carbocycles. The van der Waals surface area contributed by atoms with Crippen molar-refractivity contribution in [3.63, 3.8) is 0 Å². The Kier molecular flexibility index (Phi) is 9.03. The Bertz CT molecular complexity index is 349. The van der Waals surface area contributed by atoms with Gasteiger partial charge in [0.1, 0.15) is 0 Å². The van der Waals surface area contributed by atoms with Crippen LogP contribution in [0.5, 0.6) is 0 Å². The van der Waals surface area contributed by atoms with Crippen molar-refractivity contribution >= 4 is 0 Å². The summed E-state index contributed by atoms with van der Waals surface area (Å²) in [4.78, 5) is 0. The second-order valence-corrected chi connectivity index (χ2v) is 4.72. The van der Waals surface area contributed by atoms with E-state index in [0.717, 1.165) is 26.1 Å². The molecule has 1 aromatic rings. The Labute approximate surface area is 117 Å². The molecule has 1 N–H and O–H groups in total. The van der Waals surface area contributed by atoms with Crippen LogP contribution in [-0.2, 0) is 17.9 Å². The quantitative estimate of drug-likeness (QED) is 0.479. The highest BCUT2D eigenvalue weighted by atomic mass is 16.5. The maximum absolute atomic E-state index is 5.49. The molecule has 0 amide bonds. The smallest absolute Gasteiger partial charge is 0.0719 e. The lowest BCUT2D eigenvalue weighted by Crippen LogP contribution is -2.16. The molecular formula is C17H27NO. The number of rotatable bonds is 11. The summed E-state index contributed by atoms with van der Waals surface area (Å²) in [6.45, 7) is 9.28. The second kappa shape index (κ2) is 10.8. The average Bonchev–Trinajstić information content (AvgIpc) is 2.45. The first-order valence-electron chi connectivity index (χ1n) is 7.34. The van der Waals surface area contributed by atoms with Crippen LogP contribution in [0, 0.1) is 0 Å². The third kappa shape index (κ3) is 7.14. The van der Waals surface area contributed by atoms with E-state index in [1.807, 2.05) is 13.0 Å². The average molecular weight is 261 g/mol. The van der Waals surface area contributed by atoms with Crippen LogP contribution in [0.1, 0.15) is 43.7 Å². The van der Waals surface area contributed by atoms with E-state index in [0.29, 0.717) is 6.61 Å². The van der Waals surface area contributed by atoms with Gasteiger partial charge in [-0.25, -0.2) is 0 Å². The molecule has 0 saturated heterocycles. The monoisotopic (exact) mass is 261 g/mol.